The Morgan fingerprint density at radius 2 is 1.74 bits per heavy atom. The Labute approximate surface area is 142 Å². The Morgan fingerprint density at radius 3 is 2.35 bits per heavy atom. The van der Waals surface area contributed by atoms with Gasteiger partial charge in [0, 0.05) is 0 Å². The van der Waals surface area contributed by atoms with E-state index in [9.17, 15) is 0 Å². The van der Waals surface area contributed by atoms with E-state index in [1.54, 1.807) is 6.08 Å². The molecule has 23 heavy (non-hydrogen) atoms. The summed E-state index contributed by atoms with van der Waals surface area (Å²) in [4.78, 5) is 0. The van der Waals surface area contributed by atoms with Crippen molar-refractivity contribution in [3.05, 3.63) is 65.7 Å². The Kier molecular flexibility index (Phi) is 9.42. The summed E-state index contributed by atoms with van der Waals surface area (Å²) in [5, 5.41) is 18.2. The first kappa shape index (κ1) is 19.5. The van der Waals surface area contributed by atoms with Crippen LogP contribution in [0.3, 0.4) is 0 Å². The molecule has 0 fully saturated rings. The van der Waals surface area contributed by atoms with Gasteiger partial charge < -0.3 is 10.0 Å². The number of unbranched alkanes of at least 4 members (excludes halogenated alkanes) is 3. The van der Waals surface area contributed by atoms with E-state index in [1.807, 2.05) is 6.08 Å². The summed E-state index contributed by atoms with van der Waals surface area (Å²) in [6, 6.07) is 8.80. The first-order valence-electron chi connectivity index (χ1n) is 8.44. The lowest BCUT2D eigenvalue weighted by Gasteiger charge is -2.04. The predicted octanol–water partition coefficient (Wildman–Crippen LogP) is 2.51. The van der Waals surface area contributed by atoms with Gasteiger partial charge in [-0.25, -0.2) is 0 Å². The van der Waals surface area contributed by atoms with Crippen molar-refractivity contribution in [3.63, 3.8) is 0 Å². The van der Waals surface area contributed by atoms with Crippen LogP contribution in [-0.4, -0.2) is 25.0 Å². The molecule has 2 nitrogen and oxygen atoms in total. The lowest BCUT2D eigenvalue weighted by atomic mass is 9.79. The molecule has 2 N–H and O–H groups in total. The van der Waals surface area contributed by atoms with Crippen molar-refractivity contribution in [2.45, 2.75) is 45.4 Å². The molecule has 0 bridgehead atoms. The molecule has 122 valence electrons. The molecule has 1 aromatic carbocycles. The number of rotatable bonds is 10. The van der Waals surface area contributed by atoms with Crippen LogP contribution in [0.5, 0.6) is 0 Å². The maximum atomic E-state index is 9.09. The van der Waals surface area contributed by atoms with Crippen molar-refractivity contribution in [3.8, 4) is 0 Å². The molecule has 1 aromatic rings. The molecule has 0 aliphatic heterocycles. The van der Waals surface area contributed by atoms with Crippen LogP contribution in [0.2, 0.25) is 0 Å². The van der Waals surface area contributed by atoms with E-state index in [1.165, 1.54) is 48.4 Å². The van der Waals surface area contributed by atoms with E-state index in [-0.39, 0.29) is 0 Å². The predicted molar refractivity (Wildman–Crippen MR) is 104 cm³/mol. The summed E-state index contributed by atoms with van der Waals surface area (Å²) in [6.45, 7) is 5.64. The van der Waals surface area contributed by atoms with Gasteiger partial charge >= 0.3 is 7.12 Å². The molecule has 0 saturated carbocycles. The van der Waals surface area contributed by atoms with Crippen molar-refractivity contribution in [2.75, 3.05) is 0 Å². The van der Waals surface area contributed by atoms with Gasteiger partial charge in [-0.05, 0) is 43.6 Å². The number of aryl methyl sites for hydroxylation is 1. The van der Waals surface area contributed by atoms with Crippen LogP contribution >= 0.6 is 0 Å². The Morgan fingerprint density at radius 1 is 1.09 bits per heavy atom. The average molecular weight is 310 g/mol. The number of benzene rings is 1. The third-order valence-corrected chi connectivity index (χ3v) is 4.00. The highest BCUT2D eigenvalue weighted by Gasteiger charge is 2.09. The van der Waals surface area contributed by atoms with E-state index in [0.29, 0.717) is 5.47 Å². The average Bonchev–Trinajstić information content (AvgIpc) is 2.52. The van der Waals surface area contributed by atoms with E-state index < -0.39 is 7.12 Å². The normalized spacial score (nSPS) is 12.3. The quantitative estimate of drug-likeness (QED) is 0.396. The number of hydrogen-bond acceptors (Lipinski definition) is 2. The summed E-state index contributed by atoms with van der Waals surface area (Å²) < 4.78 is 0. The van der Waals surface area contributed by atoms with Gasteiger partial charge in [-0.3, -0.25) is 0 Å². The minimum absolute atomic E-state index is 0.433. The summed E-state index contributed by atoms with van der Waals surface area (Å²) >= 11 is 0. The van der Waals surface area contributed by atoms with Crippen molar-refractivity contribution in [1.29, 1.82) is 0 Å². The summed E-state index contributed by atoms with van der Waals surface area (Å²) in [6.07, 6.45) is 12.3. The monoisotopic (exact) mass is 310 g/mol. The zero-order chi connectivity index (χ0) is 17.1. The van der Waals surface area contributed by atoms with E-state index >= 15 is 0 Å². The van der Waals surface area contributed by atoms with Gasteiger partial charge in [-0.15, -0.1) is 0 Å². The van der Waals surface area contributed by atoms with Gasteiger partial charge in [0.05, 0.1) is 0 Å². The van der Waals surface area contributed by atoms with Gasteiger partial charge in [0.25, 0.3) is 0 Å². The van der Waals surface area contributed by atoms with Crippen molar-refractivity contribution < 1.29 is 10.0 Å². The summed E-state index contributed by atoms with van der Waals surface area (Å²) in [7, 11) is 0.673. The van der Waals surface area contributed by atoms with Crippen LogP contribution in [0, 0.1) is 0 Å². The van der Waals surface area contributed by atoms with Gasteiger partial charge in [0.15, 0.2) is 0 Å². The van der Waals surface area contributed by atoms with Crippen molar-refractivity contribution in [1.82, 2.24) is 0 Å². The number of hydrogen-bond donors (Lipinski definition) is 2. The van der Waals surface area contributed by atoms with Crippen LogP contribution in [0.15, 0.2) is 60.1 Å². The van der Waals surface area contributed by atoms with Crippen LogP contribution in [-0.2, 0) is 6.42 Å². The van der Waals surface area contributed by atoms with Gasteiger partial charge in [-0.2, -0.15) is 0 Å². The fraction of sp³-hybridized carbons (Fsp3) is 0.368. The van der Waals surface area contributed by atoms with E-state index in [4.69, 9.17) is 10.0 Å². The molecule has 0 saturated heterocycles. The third-order valence-electron chi connectivity index (χ3n) is 4.00. The zero-order valence-corrected chi connectivity index (χ0v) is 14.5. The smallest absolute Gasteiger partial charge is 0.423 e. The molecule has 0 heterocycles. The van der Waals surface area contributed by atoms with Crippen molar-refractivity contribution in [2.24, 2.45) is 0 Å². The highest BCUT2D eigenvalue weighted by atomic mass is 16.4. The maximum absolute atomic E-state index is 9.09. The molecule has 0 aliphatic rings. The van der Waals surface area contributed by atoms with Crippen LogP contribution in [0.25, 0.3) is 0 Å². The highest BCUT2D eigenvalue weighted by molar-refractivity contribution is 6.51. The molecule has 0 atom stereocenters. The zero-order valence-electron chi connectivity index (χ0n) is 14.5. The summed E-state index contributed by atoms with van der Waals surface area (Å²) in [5.41, 5.74) is 4.43. The Bertz CT molecular complexity index is 531. The van der Waals surface area contributed by atoms with E-state index in [2.05, 4.69) is 45.6 Å². The third kappa shape index (κ3) is 8.63. The molecule has 0 unspecified atom stereocenters. The Balaban J connectivity index is 2.19. The second-order valence-corrected chi connectivity index (χ2v) is 6.16. The van der Waals surface area contributed by atoms with E-state index in [0.717, 1.165) is 12.8 Å². The molecule has 0 spiro atoms. The topological polar surface area (TPSA) is 40.5 Å². The van der Waals surface area contributed by atoms with Crippen molar-refractivity contribution >= 4 is 20.4 Å². The molecule has 0 aromatic heterocycles. The fourth-order valence-electron chi connectivity index (χ4n) is 2.42. The first-order valence-corrected chi connectivity index (χ1v) is 8.44. The molecule has 0 amide bonds. The summed E-state index contributed by atoms with van der Waals surface area (Å²) in [5.74, 6) is 0. The van der Waals surface area contributed by atoms with Gasteiger partial charge in [0.2, 0.25) is 0 Å². The van der Waals surface area contributed by atoms with Crippen LogP contribution in [0.4, 0.5) is 0 Å². The van der Waals surface area contributed by atoms with Crippen LogP contribution in [0.1, 0.15) is 44.6 Å². The van der Waals surface area contributed by atoms with Crippen LogP contribution < -0.4 is 5.46 Å². The fourth-order valence-corrected chi connectivity index (χ4v) is 2.42. The minimum Gasteiger partial charge on any atom is -0.423 e. The molecular weight excluding hydrogens is 282 g/mol. The molecule has 0 aliphatic carbocycles. The highest BCUT2D eigenvalue weighted by Crippen LogP contribution is 2.12. The standard InChI is InChI=1S/C19H28B2O2/c1-3-19(21(22)23)15-10-16(2)8-6-4-5-7-9-17-11-13-18(20)14-12-17/h3,10-15,22-23H,1,4-9,20H2,2H3/b16-10+,19-15+. The molecule has 1 rings (SSSR count). The Hall–Kier alpha value is -1.51. The maximum Gasteiger partial charge on any atom is 0.488 e. The lowest BCUT2D eigenvalue weighted by Crippen LogP contribution is -2.13. The second-order valence-electron chi connectivity index (χ2n) is 6.16. The lowest BCUT2D eigenvalue weighted by molar-refractivity contribution is 0.420. The molecule has 4 heteroatoms. The largest absolute Gasteiger partial charge is 0.488 e. The second kappa shape index (κ2) is 11.1. The SMILES string of the molecule is Bc1ccc(CCCCCC/C(C)=C/C=C(\C=C)B(O)O)cc1. The van der Waals surface area contributed by atoms with Gasteiger partial charge in [0.1, 0.15) is 7.85 Å². The molecule has 0 radical (unpaired) electrons. The number of allylic oxidation sites excluding steroid dienone is 5. The first-order chi connectivity index (χ1) is 11.0. The molecular formula is C19H28B2O2. The minimum atomic E-state index is -1.45. The van der Waals surface area contributed by atoms with Gasteiger partial charge in [-0.1, -0.05) is 73.0 Å².